The predicted octanol–water partition coefficient (Wildman–Crippen LogP) is 1.96. The Balaban J connectivity index is 3.17. The minimum absolute atomic E-state index is 0.326. The maximum Gasteiger partial charge on any atom is 0.342 e. The van der Waals surface area contributed by atoms with E-state index in [1.165, 1.54) is 0 Å². The largest absolute Gasteiger partial charge is 0.503 e. The van der Waals surface area contributed by atoms with Gasteiger partial charge in [-0.3, -0.25) is 10.1 Å². The van der Waals surface area contributed by atoms with Crippen LogP contribution in [0.4, 0.5) is 5.69 Å². The van der Waals surface area contributed by atoms with Gasteiger partial charge >= 0.3 is 11.7 Å². The van der Waals surface area contributed by atoms with Crippen LogP contribution in [0.1, 0.15) is 31.1 Å². The summed E-state index contributed by atoms with van der Waals surface area (Å²) >= 11 is 0. The maximum atomic E-state index is 11.7. The molecular weight excluding hydrogens is 242 g/mol. The Bertz CT molecular complexity index is 503. The highest BCUT2D eigenvalue weighted by molar-refractivity contribution is 5.94. The highest BCUT2D eigenvalue weighted by Gasteiger charge is 2.26. The normalized spacial score (nSPS) is 11.1. The monoisotopic (exact) mass is 255 g/mol. The molecule has 0 radical (unpaired) electrons. The molecule has 0 aliphatic carbocycles. The van der Waals surface area contributed by atoms with Gasteiger partial charge in [0.15, 0.2) is 5.75 Å². The van der Waals surface area contributed by atoms with Crippen LogP contribution in [-0.4, -0.2) is 26.7 Å². The van der Waals surface area contributed by atoms with E-state index in [0.29, 0.717) is 0 Å². The van der Waals surface area contributed by atoms with Crippen molar-refractivity contribution in [2.45, 2.75) is 26.4 Å². The summed E-state index contributed by atoms with van der Waals surface area (Å²) in [4.78, 5) is 21.3. The first-order valence-corrected chi connectivity index (χ1v) is 5.06. The second-order valence-electron chi connectivity index (χ2n) is 4.59. The number of hydrogen-bond acceptors (Lipinski definition) is 6. The van der Waals surface area contributed by atoms with Crippen LogP contribution in [-0.2, 0) is 4.74 Å². The number of carbonyl (C=O) groups excluding carboxylic acids is 1. The quantitative estimate of drug-likeness (QED) is 0.362. The molecule has 2 N–H and O–H groups in total. The average Bonchev–Trinajstić information content (AvgIpc) is 2.18. The summed E-state index contributed by atoms with van der Waals surface area (Å²) in [6.07, 6.45) is 0. The standard InChI is InChI=1S/C11H13NO6/c1-11(2,3)18-10(15)6-4-5-7(12(16)17)9(14)8(6)13/h4-5,13-14H,1-3H3. The minimum Gasteiger partial charge on any atom is -0.503 e. The van der Waals surface area contributed by atoms with Gasteiger partial charge in [0.25, 0.3) is 0 Å². The van der Waals surface area contributed by atoms with Gasteiger partial charge < -0.3 is 14.9 Å². The molecule has 0 aromatic heterocycles. The van der Waals surface area contributed by atoms with E-state index < -0.39 is 33.7 Å². The second kappa shape index (κ2) is 4.52. The third kappa shape index (κ3) is 2.88. The smallest absolute Gasteiger partial charge is 0.342 e. The van der Waals surface area contributed by atoms with Crippen molar-refractivity contribution in [2.75, 3.05) is 0 Å². The lowest BCUT2D eigenvalue weighted by Crippen LogP contribution is -2.23. The number of rotatable bonds is 2. The highest BCUT2D eigenvalue weighted by Crippen LogP contribution is 2.38. The topological polar surface area (TPSA) is 110 Å². The van der Waals surface area contributed by atoms with E-state index in [9.17, 15) is 25.1 Å². The summed E-state index contributed by atoms with van der Waals surface area (Å²) in [5.41, 5.74) is -1.78. The molecule has 0 spiro atoms. The first-order chi connectivity index (χ1) is 8.13. The molecule has 7 heteroatoms. The number of nitro benzene ring substituents is 1. The molecule has 0 heterocycles. The molecule has 98 valence electrons. The van der Waals surface area contributed by atoms with Gasteiger partial charge in [0, 0.05) is 6.07 Å². The van der Waals surface area contributed by atoms with E-state index in [2.05, 4.69) is 0 Å². The fourth-order valence-corrected chi connectivity index (χ4v) is 1.21. The fourth-order valence-electron chi connectivity index (χ4n) is 1.21. The van der Waals surface area contributed by atoms with Crippen molar-refractivity contribution >= 4 is 11.7 Å². The van der Waals surface area contributed by atoms with Gasteiger partial charge in [-0.25, -0.2) is 4.79 Å². The Labute approximate surface area is 103 Å². The SMILES string of the molecule is CC(C)(C)OC(=O)c1ccc([N+](=O)[O-])c(O)c1O. The van der Waals surface area contributed by atoms with Crippen molar-refractivity contribution in [3.05, 3.63) is 27.8 Å². The average molecular weight is 255 g/mol. The van der Waals surface area contributed by atoms with E-state index in [1.807, 2.05) is 0 Å². The van der Waals surface area contributed by atoms with Crippen LogP contribution in [0.5, 0.6) is 11.5 Å². The lowest BCUT2D eigenvalue weighted by molar-refractivity contribution is -0.386. The van der Waals surface area contributed by atoms with E-state index in [4.69, 9.17) is 4.74 Å². The summed E-state index contributed by atoms with van der Waals surface area (Å²) in [5, 5.41) is 29.4. The van der Waals surface area contributed by atoms with Gasteiger partial charge in [0.1, 0.15) is 11.2 Å². The molecule has 0 saturated carbocycles. The van der Waals surface area contributed by atoms with Crippen LogP contribution < -0.4 is 0 Å². The Kier molecular flexibility index (Phi) is 3.45. The zero-order chi connectivity index (χ0) is 14.1. The van der Waals surface area contributed by atoms with E-state index in [1.54, 1.807) is 20.8 Å². The van der Waals surface area contributed by atoms with Crippen molar-refractivity contribution in [3.8, 4) is 11.5 Å². The van der Waals surface area contributed by atoms with Crippen molar-refractivity contribution in [1.29, 1.82) is 0 Å². The molecule has 0 bridgehead atoms. The number of aromatic hydroxyl groups is 2. The molecule has 1 aromatic rings. The number of nitrogens with zero attached hydrogens (tertiary/aromatic N) is 1. The molecule has 7 nitrogen and oxygen atoms in total. The molecule has 0 atom stereocenters. The third-order valence-corrected chi connectivity index (χ3v) is 1.95. The highest BCUT2D eigenvalue weighted by atomic mass is 16.6. The number of phenols is 2. The first-order valence-electron chi connectivity index (χ1n) is 5.06. The van der Waals surface area contributed by atoms with Gasteiger partial charge in [-0.15, -0.1) is 0 Å². The summed E-state index contributed by atoms with van der Waals surface area (Å²) in [7, 11) is 0. The first kappa shape index (κ1) is 13.8. The number of esters is 1. The van der Waals surface area contributed by atoms with Crippen molar-refractivity contribution in [1.82, 2.24) is 0 Å². The molecule has 0 aliphatic rings. The number of ether oxygens (including phenoxy) is 1. The lowest BCUT2D eigenvalue weighted by atomic mass is 10.1. The fraction of sp³-hybridized carbons (Fsp3) is 0.364. The predicted molar refractivity (Wildman–Crippen MR) is 61.6 cm³/mol. The van der Waals surface area contributed by atoms with Gasteiger partial charge in [-0.2, -0.15) is 0 Å². The van der Waals surface area contributed by atoms with Gasteiger partial charge in [-0.05, 0) is 26.8 Å². The molecule has 18 heavy (non-hydrogen) atoms. The van der Waals surface area contributed by atoms with Gasteiger partial charge in [0.2, 0.25) is 5.75 Å². The molecule has 0 amide bonds. The number of phenolic OH excluding ortho intramolecular Hbond substituents is 2. The van der Waals surface area contributed by atoms with Gasteiger partial charge in [-0.1, -0.05) is 0 Å². The van der Waals surface area contributed by atoms with Crippen molar-refractivity contribution in [2.24, 2.45) is 0 Å². The third-order valence-electron chi connectivity index (χ3n) is 1.95. The Morgan fingerprint density at radius 2 is 1.83 bits per heavy atom. The second-order valence-corrected chi connectivity index (χ2v) is 4.59. The summed E-state index contributed by atoms with van der Waals surface area (Å²) in [6, 6.07) is 1.95. The number of carbonyl (C=O) groups is 1. The van der Waals surface area contributed by atoms with Crippen molar-refractivity contribution < 1.29 is 24.7 Å². The zero-order valence-electron chi connectivity index (χ0n) is 10.1. The van der Waals surface area contributed by atoms with Crippen LogP contribution in [0, 0.1) is 10.1 Å². The molecule has 1 aromatic carbocycles. The van der Waals surface area contributed by atoms with E-state index >= 15 is 0 Å². The Morgan fingerprint density at radius 3 is 2.28 bits per heavy atom. The number of hydrogen-bond donors (Lipinski definition) is 2. The van der Waals surface area contributed by atoms with Crippen LogP contribution in [0.2, 0.25) is 0 Å². The maximum absolute atomic E-state index is 11.7. The van der Waals surface area contributed by atoms with Gasteiger partial charge in [0.05, 0.1) is 4.92 Å². The number of benzene rings is 1. The van der Waals surface area contributed by atoms with Crippen LogP contribution in [0.25, 0.3) is 0 Å². The Morgan fingerprint density at radius 1 is 1.28 bits per heavy atom. The lowest BCUT2D eigenvalue weighted by Gasteiger charge is -2.19. The Hall–Kier alpha value is -2.31. The molecule has 0 fully saturated rings. The number of nitro groups is 1. The molecule has 0 aliphatic heterocycles. The van der Waals surface area contributed by atoms with Crippen LogP contribution >= 0.6 is 0 Å². The van der Waals surface area contributed by atoms with Crippen molar-refractivity contribution in [3.63, 3.8) is 0 Å². The van der Waals surface area contributed by atoms with E-state index in [0.717, 1.165) is 12.1 Å². The molecule has 0 saturated heterocycles. The summed E-state index contributed by atoms with van der Waals surface area (Å²) in [5.74, 6) is -2.69. The zero-order valence-corrected chi connectivity index (χ0v) is 10.1. The molecular formula is C11H13NO6. The van der Waals surface area contributed by atoms with E-state index in [-0.39, 0.29) is 5.56 Å². The minimum atomic E-state index is -0.955. The van der Waals surface area contributed by atoms with Crippen LogP contribution in [0.3, 0.4) is 0 Å². The summed E-state index contributed by atoms with van der Waals surface area (Å²) < 4.78 is 4.98. The van der Waals surface area contributed by atoms with Crippen LogP contribution in [0.15, 0.2) is 12.1 Å². The molecule has 1 rings (SSSR count). The summed E-state index contributed by atoms with van der Waals surface area (Å²) in [6.45, 7) is 4.90. The molecule has 0 unspecified atom stereocenters.